The van der Waals surface area contributed by atoms with Crippen molar-refractivity contribution in [3.63, 3.8) is 0 Å². The van der Waals surface area contributed by atoms with E-state index in [0.29, 0.717) is 23.9 Å². The van der Waals surface area contributed by atoms with Crippen LogP contribution in [0.2, 0.25) is 0 Å². The number of benzene rings is 1. The molecule has 3 fully saturated rings. The van der Waals surface area contributed by atoms with Crippen molar-refractivity contribution in [2.45, 2.75) is 82.7 Å². The summed E-state index contributed by atoms with van der Waals surface area (Å²) in [6, 6.07) is 4.47. The lowest BCUT2D eigenvalue weighted by Crippen LogP contribution is -2.48. The molecule has 1 aromatic carbocycles. The second-order valence-electron chi connectivity index (χ2n) is 10.8. The Balaban J connectivity index is 1.12. The molecule has 0 spiro atoms. The molecule has 4 rings (SSSR count). The fourth-order valence-electron chi connectivity index (χ4n) is 5.74. The van der Waals surface area contributed by atoms with Gasteiger partial charge in [0, 0.05) is 12.5 Å². The van der Waals surface area contributed by atoms with Gasteiger partial charge in [-0.25, -0.2) is 4.39 Å². The minimum atomic E-state index is -3.65. The first-order valence-electron chi connectivity index (χ1n) is 13.9. The number of unbranched alkanes of at least 4 members (excludes halogenated alkanes) is 1. The lowest BCUT2D eigenvalue weighted by Gasteiger charge is -2.38. The second-order valence-corrected chi connectivity index (χ2v) is 10.8. The second kappa shape index (κ2) is 13.8. The highest BCUT2D eigenvalue weighted by Crippen LogP contribution is 2.38. The van der Waals surface area contributed by atoms with Crippen molar-refractivity contribution in [1.82, 2.24) is 0 Å². The molecule has 0 radical (unpaired) electrons. The molecule has 206 valence electrons. The first-order chi connectivity index (χ1) is 17.9. The summed E-state index contributed by atoms with van der Waals surface area (Å²) in [7, 11) is 0. The van der Waals surface area contributed by atoms with E-state index in [2.05, 4.69) is 18.7 Å². The van der Waals surface area contributed by atoms with Crippen molar-refractivity contribution < 1.29 is 32.1 Å². The van der Waals surface area contributed by atoms with Crippen LogP contribution in [0.25, 0.3) is 0 Å². The highest BCUT2D eigenvalue weighted by atomic mass is 19.3. The van der Waals surface area contributed by atoms with Crippen LogP contribution in [-0.4, -0.2) is 38.3 Å². The average molecular weight is 523 g/mol. The molecule has 2 aliphatic carbocycles. The Hall–Kier alpha value is -1.83. The van der Waals surface area contributed by atoms with Crippen molar-refractivity contribution >= 4 is 0 Å². The van der Waals surface area contributed by atoms with Gasteiger partial charge in [0.15, 0.2) is 0 Å². The molecule has 4 nitrogen and oxygen atoms in total. The van der Waals surface area contributed by atoms with Gasteiger partial charge in [0.25, 0.3) is 6.29 Å². The Morgan fingerprint density at radius 2 is 1.46 bits per heavy atom. The van der Waals surface area contributed by atoms with Crippen LogP contribution >= 0.6 is 0 Å². The minimum absolute atomic E-state index is 0.115. The van der Waals surface area contributed by atoms with Gasteiger partial charge in [-0.2, -0.15) is 8.78 Å². The number of hydrogen-bond acceptors (Lipinski definition) is 4. The molecule has 0 amide bonds. The molecular formula is C30H41F3O4. The third-order valence-corrected chi connectivity index (χ3v) is 8.03. The molecule has 7 heteroatoms. The summed E-state index contributed by atoms with van der Waals surface area (Å²) in [5, 5.41) is 0. The molecule has 0 aromatic heterocycles. The van der Waals surface area contributed by atoms with E-state index in [1.54, 1.807) is 0 Å². The van der Waals surface area contributed by atoms with E-state index in [1.807, 2.05) is 6.08 Å². The number of rotatable bonds is 11. The molecule has 2 saturated carbocycles. The van der Waals surface area contributed by atoms with Crippen LogP contribution in [-0.2, 0) is 14.2 Å². The molecule has 1 saturated heterocycles. The minimum Gasteiger partial charge on any atom is -0.429 e. The van der Waals surface area contributed by atoms with Gasteiger partial charge in [0.05, 0.1) is 19.3 Å². The van der Waals surface area contributed by atoms with Gasteiger partial charge < -0.3 is 18.9 Å². The molecule has 37 heavy (non-hydrogen) atoms. The van der Waals surface area contributed by atoms with E-state index < -0.39 is 18.2 Å². The standard InChI is InChI=1S/C30H41F3O4/c1-2-3-4-19-34-27-15-9-23(10-16-27)6-5-22-7-11-24(12-8-22)25-20-35-29(36-21-25)30(32,33)37-28-17-13-26(31)14-18-28/h2,5-6,13-14,17-18,22-25,27,29H,1,3-4,7-12,15-16,19-21H2/b6-5+. The van der Waals surface area contributed by atoms with Crippen molar-refractivity contribution in [2.75, 3.05) is 19.8 Å². The third kappa shape index (κ3) is 8.59. The van der Waals surface area contributed by atoms with Gasteiger partial charge >= 0.3 is 6.11 Å². The molecule has 0 atom stereocenters. The topological polar surface area (TPSA) is 36.9 Å². The zero-order valence-corrected chi connectivity index (χ0v) is 21.7. The van der Waals surface area contributed by atoms with E-state index in [0.717, 1.165) is 82.2 Å². The number of alkyl halides is 2. The summed E-state index contributed by atoms with van der Waals surface area (Å²) >= 11 is 0. The normalized spacial score (nSPS) is 31.3. The fourth-order valence-corrected chi connectivity index (χ4v) is 5.74. The van der Waals surface area contributed by atoms with Gasteiger partial charge in [0.1, 0.15) is 11.6 Å². The van der Waals surface area contributed by atoms with Crippen molar-refractivity contribution in [2.24, 2.45) is 23.7 Å². The van der Waals surface area contributed by atoms with Crippen LogP contribution in [0.15, 0.2) is 49.1 Å². The quantitative estimate of drug-likeness (QED) is 0.221. The zero-order chi connectivity index (χ0) is 26.1. The summed E-state index contributed by atoms with van der Waals surface area (Å²) in [6.07, 6.45) is 12.9. The van der Waals surface area contributed by atoms with Crippen LogP contribution in [0.5, 0.6) is 5.75 Å². The van der Waals surface area contributed by atoms with Crippen LogP contribution in [0.4, 0.5) is 13.2 Å². The van der Waals surface area contributed by atoms with Crippen LogP contribution in [0, 0.1) is 29.5 Å². The summed E-state index contributed by atoms with van der Waals surface area (Å²) in [6.45, 7) is 5.06. The predicted octanol–water partition coefficient (Wildman–Crippen LogP) is 7.69. The Kier molecular flexibility index (Phi) is 10.5. The van der Waals surface area contributed by atoms with Gasteiger partial charge in [0.2, 0.25) is 0 Å². The molecule has 0 bridgehead atoms. The van der Waals surface area contributed by atoms with Crippen LogP contribution in [0.3, 0.4) is 0 Å². The van der Waals surface area contributed by atoms with Crippen molar-refractivity contribution in [3.8, 4) is 5.75 Å². The molecular weight excluding hydrogens is 481 g/mol. The summed E-state index contributed by atoms with van der Waals surface area (Å²) in [4.78, 5) is 0. The Bertz CT molecular complexity index is 835. The van der Waals surface area contributed by atoms with Gasteiger partial charge in [-0.15, -0.1) is 6.58 Å². The Labute approximate surface area is 219 Å². The highest BCUT2D eigenvalue weighted by molar-refractivity contribution is 5.22. The smallest absolute Gasteiger partial charge is 0.429 e. The van der Waals surface area contributed by atoms with Crippen molar-refractivity contribution in [1.29, 1.82) is 0 Å². The lowest BCUT2D eigenvalue weighted by molar-refractivity contribution is -0.354. The molecule has 0 N–H and O–H groups in total. The maximum absolute atomic E-state index is 14.5. The zero-order valence-electron chi connectivity index (χ0n) is 21.7. The maximum Gasteiger partial charge on any atom is 0.451 e. The first-order valence-corrected chi connectivity index (χ1v) is 13.9. The number of allylic oxidation sites excluding steroid dienone is 3. The van der Waals surface area contributed by atoms with Gasteiger partial charge in [-0.3, -0.25) is 0 Å². The first kappa shape index (κ1) is 28.2. The average Bonchev–Trinajstić information content (AvgIpc) is 2.92. The largest absolute Gasteiger partial charge is 0.451 e. The lowest BCUT2D eigenvalue weighted by atomic mass is 9.75. The number of hydrogen-bond donors (Lipinski definition) is 0. The Morgan fingerprint density at radius 3 is 2.05 bits per heavy atom. The molecule has 1 heterocycles. The molecule has 1 aromatic rings. The SMILES string of the molecule is C=CCCCOC1CCC(/C=C/C2CCC(C3COC(C(F)(F)Oc4ccc(F)cc4)OC3)CC2)CC1. The maximum atomic E-state index is 14.5. The molecule has 0 unspecified atom stereocenters. The monoisotopic (exact) mass is 522 g/mol. The summed E-state index contributed by atoms with van der Waals surface area (Å²) < 4.78 is 63.5. The predicted molar refractivity (Wildman–Crippen MR) is 137 cm³/mol. The van der Waals surface area contributed by atoms with E-state index >= 15 is 0 Å². The summed E-state index contributed by atoms with van der Waals surface area (Å²) in [5.41, 5.74) is 0. The van der Waals surface area contributed by atoms with Gasteiger partial charge in [-0.05, 0) is 106 Å². The Morgan fingerprint density at radius 1 is 0.865 bits per heavy atom. The van der Waals surface area contributed by atoms with Crippen molar-refractivity contribution in [3.05, 3.63) is 54.9 Å². The van der Waals surface area contributed by atoms with Crippen LogP contribution in [0.1, 0.15) is 64.2 Å². The van der Waals surface area contributed by atoms with E-state index in [-0.39, 0.29) is 24.9 Å². The van der Waals surface area contributed by atoms with E-state index in [9.17, 15) is 13.2 Å². The van der Waals surface area contributed by atoms with E-state index in [4.69, 9.17) is 18.9 Å². The fraction of sp³-hybridized carbons (Fsp3) is 0.667. The number of halogens is 3. The van der Waals surface area contributed by atoms with E-state index in [1.165, 1.54) is 12.8 Å². The van der Waals surface area contributed by atoms with Gasteiger partial charge in [-0.1, -0.05) is 18.2 Å². The number of ether oxygens (including phenoxy) is 4. The third-order valence-electron chi connectivity index (χ3n) is 8.03. The molecule has 3 aliphatic rings. The highest BCUT2D eigenvalue weighted by Gasteiger charge is 2.48. The molecule has 1 aliphatic heterocycles. The summed E-state index contributed by atoms with van der Waals surface area (Å²) in [5.74, 6) is 1.14. The van der Waals surface area contributed by atoms with Crippen LogP contribution < -0.4 is 4.74 Å².